The van der Waals surface area contributed by atoms with Gasteiger partial charge in [0.25, 0.3) is 0 Å². The van der Waals surface area contributed by atoms with Gasteiger partial charge in [0.15, 0.2) is 6.10 Å². The van der Waals surface area contributed by atoms with E-state index in [4.69, 9.17) is 14.2 Å². The largest absolute Gasteiger partial charge is 0.462 e. The predicted octanol–water partition coefficient (Wildman–Crippen LogP) is 24.3. The Morgan fingerprint density at radius 1 is 0.263 bits per heavy atom. The van der Waals surface area contributed by atoms with Gasteiger partial charge in [0, 0.05) is 19.3 Å². The number of rotatable bonds is 65. The Kier molecular flexibility index (Phi) is 66.1. The summed E-state index contributed by atoms with van der Waals surface area (Å²) < 4.78 is 17.0. The molecular weight excluding hydrogens is 985 g/mol. The van der Waals surface area contributed by atoms with Gasteiger partial charge in [0.2, 0.25) is 0 Å². The molecule has 0 bridgehead atoms. The van der Waals surface area contributed by atoms with Crippen LogP contribution in [0.4, 0.5) is 0 Å². The van der Waals surface area contributed by atoms with Crippen LogP contribution in [-0.2, 0) is 28.6 Å². The summed E-state index contributed by atoms with van der Waals surface area (Å²) in [5.41, 5.74) is 0. The molecule has 6 nitrogen and oxygen atoms in total. The van der Waals surface area contributed by atoms with Gasteiger partial charge in [-0.05, 0) is 83.5 Å². The number of carbonyl (C=O) groups excluding carboxylic acids is 3. The smallest absolute Gasteiger partial charge is 0.306 e. The molecule has 0 rings (SSSR count). The maximum atomic E-state index is 13.0. The Morgan fingerprint density at radius 3 is 0.762 bits per heavy atom. The lowest BCUT2D eigenvalue weighted by Crippen LogP contribution is -2.30. The van der Waals surface area contributed by atoms with Crippen LogP contribution >= 0.6 is 0 Å². The molecule has 0 aliphatic heterocycles. The van der Waals surface area contributed by atoms with Gasteiger partial charge in [-0.15, -0.1) is 0 Å². The highest BCUT2D eigenvalue weighted by atomic mass is 16.6. The minimum absolute atomic E-state index is 0.0781. The van der Waals surface area contributed by atoms with Crippen LogP contribution in [0.15, 0.2) is 60.8 Å². The normalized spacial score (nSPS) is 12.4. The Labute approximate surface area is 498 Å². The minimum atomic E-state index is -0.784. The first kappa shape index (κ1) is 77.1. The summed E-state index contributed by atoms with van der Waals surface area (Å²) in [6, 6.07) is 0. The predicted molar refractivity (Wildman–Crippen MR) is 348 cm³/mol. The summed E-state index contributed by atoms with van der Waals surface area (Å²) in [6.07, 6.45) is 88.2. The highest BCUT2D eigenvalue weighted by molar-refractivity contribution is 5.71. The van der Waals surface area contributed by atoms with E-state index in [9.17, 15) is 14.4 Å². The molecule has 0 spiro atoms. The van der Waals surface area contributed by atoms with Crippen molar-refractivity contribution in [1.29, 1.82) is 0 Å². The summed E-state index contributed by atoms with van der Waals surface area (Å²) in [5, 5.41) is 0. The fourth-order valence-corrected chi connectivity index (χ4v) is 10.5. The summed E-state index contributed by atoms with van der Waals surface area (Å²) in [7, 11) is 0. The molecule has 466 valence electrons. The van der Waals surface area contributed by atoms with E-state index in [1.54, 1.807) is 0 Å². The zero-order chi connectivity index (χ0) is 57.8. The molecule has 0 aliphatic carbocycles. The average Bonchev–Trinajstić information content (AvgIpc) is 3.46. The number of allylic oxidation sites excluding steroid dienone is 10. The van der Waals surface area contributed by atoms with E-state index in [0.29, 0.717) is 19.3 Å². The first-order valence-corrected chi connectivity index (χ1v) is 35.3. The minimum Gasteiger partial charge on any atom is -0.462 e. The van der Waals surface area contributed by atoms with Crippen LogP contribution in [0, 0.1) is 0 Å². The van der Waals surface area contributed by atoms with Crippen molar-refractivity contribution in [3.63, 3.8) is 0 Å². The lowest BCUT2D eigenvalue weighted by atomic mass is 10.0. The van der Waals surface area contributed by atoms with Crippen LogP contribution < -0.4 is 0 Å². The van der Waals surface area contributed by atoms with Gasteiger partial charge in [0.1, 0.15) is 13.2 Å². The van der Waals surface area contributed by atoms with E-state index in [0.717, 1.165) is 103 Å². The van der Waals surface area contributed by atoms with E-state index in [1.807, 2.05) is 0 Å². The first-order valence-electron chi connectivity index (χ1n) is 35.3. The maximum absolute atomic E-state index is 13.0. The second-order valence-electron chi connectivity index (χ2n) is 23.8. The van der Waals surface area contributed by atoms with Gasteiger partial charge >= 0.3 is 17.9 Å². The van der Waals surface area contributed by atoms with E-state index < -0.39 is 6.10 Å². The molecule has 0 saturated heterocycles. The van der Waals surface area contributed by atoms with E-state index >= 15 is 0 Å². The number of hydrogen-bond acceptors (Lipinski definition) is 6. The summed E-state index contributed by atoms with van der Waals surface area (Å²) in [5.74, 6) is -0.877. The number of carbonyl (C=O) groups is 3. The molecule has 0 N–H and O–H groups in total. The third-order valence-electron chi connectivity index (χ3n) is 15.8. The highest BCUT2D eigenvalue weighted by Gasteiger charge is 2.19. The van der Waals surface area contributed by atoms with Crippen LogP contribution in [0.1, 0.15) is 374 Å². The van der Waals surface area contributed by atoms with Gasteiger partial charge in [-0.25, -0.2) is 0 Å². The summed E-state index contributed by atoms with van der Waals surface area (Å²) in [4.78, 5) is 38.4. The third-order valence-corrected chi connectivity index (χ3v) is 15.8. The molecule has 0 aromatic carbocycles. The molecule has 0 aromatic heterocycles. The maximum Gasteiger partial charge on any atom is 0.306 e. The molecule has 0 aromatic rings. The number of hydrogen-bond donors (Lipinski definition) is 0. The topological polar surface area (TPSA) is 78.9 Å². The molecule has 0 radical (unpaired) electrons. The summed E-state index contributed by atoms with van der Waals surface area (Å²) >= 11 is 0. The zero-order valence-corrected chi connectivity index (χ0v) is 53.6. The van der Waals surface area contributed by atoms with Crippen molar-refractivity contribution in [3.05, 3.63) is 60.8 Å². The Hall–Kier alpha value is -2.89. The lowest BCUT2D eigenvalue weighted by molar-refractivity contribution is -0.167. The highest BCUT2D eigenvalue weighted by Crippen LogP contribution is 2.18. The molecule has 0 heterocycles. The van der Waals surface area contributed by atoms with Crippen molar-refractivity contribution in [2.45, 2.75) is 380 Å². The monoisotopic (exact) mass is 1120 g/mol. The van der Waals surface area contributed by atoms with E-state index in [-0.39, 0.29) is 31.1 Å². The Balaban J connectivity index is 4.28. The molecular formula is C74H134O6. The van der Waals surface area contributed by atoms with Gasteiger partial charge in [-0.1, -0.05) is 332 Å². The molecule has 0 amide bonds. The van der Waals surface area contributed by atoms with Crippen LogP contribution in [-0.4, -0.2) is 37.2 Å². The molecule has 1 atom stereocenters. The second-order valence-corrected chi connectivity index (χ2v) is 23.8. The number of esters is 3. The fourth-order valence-electron chi connectivity index (χ4n) is 10.5. The van der Waals surface area contributed by atoms with Crippen molar-refractivity contribution in [3.8, 4) is 0 Å². The molecule has 1 unspecified atom stereocenters. The van der Waals surface area contributed by atoms with Gasteiger partial charge in [0.05, 0.1) is 0 Å². The van der Waals surface area contributed by atoms with Crippen molar-refractivity contribution in [2.75, 3.05) is 13.2 Å². The van der Waals surface area contributed by atoms with Crippen LogP contribution in [0.25, 0.3) is 0 Å². The van der Waals surface area contributed by atoms with Crippen molar-refractivity contribution in [1.82, 2.24) is 0 Å². The number of unbranched alkanes of at least 4 members (excludes halogenated alkanes) is 44. The van der Waals surface area contributed by atoms with Gasteiger partial charge < -0.3 is 14.2 Å². The summed E-state index contributed by atoms with van der Waals surface area (Å²) in [6.45, 7) is 6.56. The van der Waals surface area contributed by atoms with Gasteiger partial charge in [-0.3, -0.25) is 14.4 Å². The van der Waals surface area contributed by atoms with Crippen LogP contribution in [0.2, 0.25) is 0 Å². The zero-order valence-electron chi connectivity index (χ0n) is 53.6. The van der Waals surface area contributed by atoms with E-state index in [2.05, 4.69) is 81.5 Å². The molecule has 0 fully saturated rings. The average molecular weight is 1120 g/mol. The molecule has 80 heavy (non-hydrogen) atoms. The second kappa shape index (κ2) is 68.6. The van der Waals surface area contributed by atoms with E-state index in [1.165, 1.54) is 231 Å². The van der Waals surface area contributed by atoms with Crippen molar-refractivity contribution >= 4 is 17.9 Å². The Bertz CT molecular complexity index is 1430. The lowest BCUT2D eigenvalue weighted by Gasteiger charge is -2.18. The van der Waals surface area contributed by atoms with Crippen molar-refractivity contribution < 1.29 is 28.6 Å². The number of ether oxygens (including phenoxy) is 3. The standard InChI is InChI=1S/C74H134O6/c1-4-7-10-13-16-19-22-25-28-30-32-34-35-36-37-38-40-41-43-46-49-52-55-58-61-64-67-73(76)79-70-71(69-78-72(75)66-63-60-57-54-51-48-45-27-24-21-18-15-12-9-6-3)80-74(77)68-65-62-59-56-53-50-47-44-42-39-33-31-29-26-23-20-17-14-11-8-5-2/h9,12,18,21,23,26-27,31,33,45,71H,4-8,10-11,13-17,19-20,22,24-25,28-30,32,34-44,46-70H2,1-3H3/b12-9-,21-18-,26-23-,33-31-,45-27-. The van der Waals surface area contributed by atoms with Gasteiger partial charge in [-0.2, -0.15) is 0 Å². The third kappa shape index (κ3) is 65.9. The quantitative estimate of drug-likeness (QED) is 0.0261. The fraction of sp³-hybridized carbons (Fsp3) is 0.824. The van der Waals surface area contributed by atoms with Crippen molar-refractivity contribution in [2.24, 2.45) is 0 Å². The van der Waals surface area contributed by atoms with Crippen LogP contribution in [0.3, 0.4) is 0 Å². The molecule has 0 saturated carbocycles. The Morgan fingerprint density at radius 2 is 0.487 bits per heavy atom. The first-order chi connectivity index (χ1) is 39.5. The molecule has 0 aliphatic rings. The molecule has 6 heteroatoms. The van der Waals surface area contributed by atoms with Crippen LogP contribution in [0.5, 0.6) is 0 Å². The SMILES string of the molecule is CC/C=C\C/C=C\C/C=C\CCCCCCCC(=O)OCC(COC(=O)CCCCCCCCCCCCCCCCCCCCCCCCCCCC)OC(=O)CCCCCCCCCCC/C=C\C/C=C\CCCCCCC.